The van der Waals surface area contributed by atoms with Crippen molar-refractivity contribution in [2.24, 2.45) is 11.7 Å². The normalized spacial score (nSPS) is 15.5. The van der Waals surface area contributed by atoms with Gasteiger partial charge in [-0.05, 0) is 12.3 Å². The van der Waals surface area contributed by atoms with Crippen molar-refractivity contribution in [1.82, 2.24) is 5.32 Å². The molecule has 0 fully saturated rings. The summed E-state index contributed by atoms with van der Waals surface area (Å²) in [6.45, 7) is 5.93. The smallest absolute Gasteiger partial charge is 0.237 e. The predicted molar refractivity (Wildman–Crippen MR) is 52.1 cm³/mol. The Morgan fingerprint density at radius 2 is 2.08 bits per heavy atom. The van der Waals surface area contributed by atoms with Gasteiger partial charge >= 0.3 is 0 Å². The van der Waals surface area contributed by atoms with Crippen LogP contribution in [0.3, 0.4) is 0 Å². The summed E-state index contributed by atoms with van der Waals surface area (Å²) in [5.74, 6) is -0.0683. The second-order valence-electron chi connectivity index (χ2n) is 3.58. The largest absolute Gasteiger partial charge is 0.391 e. The quantitative estimate of drug-likeness (QED) is 0.562. The van der Waals surface area contributed by atoms with Crippen molar-refractivity contribution in [3.8, 4) is 0 Å². The van der Waals surface area contributed by atoms with Gasteiger partial charge in [-0.3, -0.25) is 4.79 Å². The van der Waals surface area contributed by atoms with Gasteiger partial charge in [0.2, 0.25) is 5.91 Å². The van der Waals surface area contributed by atoms with Crippen molar-refractivity contribution >= 4 is 5.91 Å². The van der Waals surface area contributed by atoms with Gasteiger partial charge in [0.1, 0.15) is 0 Å². The molecule has 4 nitrogen and oxygen atoms in total. The van der Waals surface area contributed by atoms with Crippen LogP contribution in [0.1, 0.15) is 27.2 Å². The Bertz CT molecular complexity index is 160. The molecule has 2 atom stereocenters. The first-order valence-corrected chi connectivity index (χ1v) is 4.70. The molecule has 0 aromatic carbocycles. The molecule has 0 aliphatic rings. The van der Waals surface area contributed by atoms with Gasteiger partial charge in [-0.15, -0.1) is 0 Å². The molecule has 0 saturated carbocycles. The summed E-state index contributed by atoms with van der Waals surface area (Å²) in [5, 5.41) is 11.8. The number of nitrogens with two attached hydrogens (primary N) is 1. The molecule has 0 aliphatic carbocycles. The van der Waals surface area contributed by atoms with Crippen LogP contribution >= 0.6 is 0 Å². The van der Waals surface area contributed by atoms with E-state index in [0.717, 1.165) is 0 Å². The first-order chi connectivity index (χ1) is 5.99. The van der Waals surface area contributed by atoms with Gasteiger partial charge in [0.25, 0.3) is 0 Å². The molecule has 0 aromatic rings. The first-order valence-electron chi connectivity index (χ1n) is 4.70. The third kappa shape index (κ3) is 4.85. The van der Waals surface area contributed by atoms with Gasteiger partial charge in [0, 0.05) is 6.54 Å². The third-order valence-electron chi connectivity index (χ3n) is 2.00. The van der Waals surface area contributed by atoms with Gasteiger partial charge in [-0.25, -0.2) is 0 Å². The van der Waals surface area contributed by atoms with Crippen molar-refractivity contribution in [1.29, 1.82) is 0 Å². The van der Waals surface area contributed by atoms with Gasteiger partial charge in [0.05, 0.1) is 12.1 Å². The van der Waals surface area contributed by atoms with E-state index in [9.17, 15) is 9.90 Å². The van der Waals surface area contributed by atoms with Crippen LogP contribution in [-0.2, 0) is 4.79 Å². The Morgan fingerprint density at radius 1 is 1.54 bits per heavy atom. The zero-order chi connectivity index (χ0) is 10.4. The molecular formula is C9H20N2O2. The summed E-state index contributed by atoms with van der Waals surface area (Å²) < 4.78 is 0. The lowest BCUT2D eigenvalue weighted by molar-refractivity contribution is -0.123. The van der Waals surface area contributed by atoms with E-state index >= 15 is 0 Å². The van der Waals surface area contributed by atoms with Crippen LogP contribution in [0.4, 0.5) is 0 Å². The molecule has 0 saturated heterocycles. The monoisotopic (exact) mass is 188 g/mol. The van der Waals surface area contributed by atoms with E-state index < -0.39 is 12.1 Å². The van der Waals surface area contributed by atoms with Crippen molar-refractivity contribution in [2.75, 3.05) is 6.54 Å². The lowest BCUT2D eigenvalue weighted by Gasteiger charge is -2.16. The minimum absolute atomic E-state index is 0.124. The Balaban J connectivity index is 3.74. The highest BCUT2D eigenvalue weighted by Crippen LogP contribution is 1.97. The molecule has 0 spiro atoms. The number of hydrogen-bond donors (Lipinski definition) is 3. The molecule has 4 heteroatoms. The Hall–Kier alpha value is -0.610. The summed E-state index contributed by atoms with van der Waals surface area (Å²) in [6.07, 6.45) is 0.167. The van der Waals surface area contributed by atoms with Crippen molar-refractivity contribution in [3.05, 3.63) is 0 Å². The summed E-state index contributed by atoms with van der Waals surface area (Å²) in [6, 6.07) is -0.482. The summed E-state index contributed by atoms with van der Waals surface area (Å²) in [7, 11) is 0. The summed E-state index contributed by atoms with van der Waals surface area (Å²) in [4.78, 5) is 11.3. The van der Waals surface area contributed by atoms with Crippen LogP contribution in [0.25, 0.3) is 0 Å². The van der Waals surface area contributed by atoms with E-state index in [2.05, 4.69) is 5.32 Å². The predicted octanol–water partition coefficient (Wildman–Crippen LogP) is -0.143. The topological polar surface area (TPSA) is 75.3 Å². The van der Waals surface area contributed by atoms with Gasteiger partial charge in [-0.2, -0.15) is 0 Å². The van der Waals surface area contributed by atoms with Crippen molar-refractivity contribution in [3.63, 3.8) is 0 Å². The zero-order valence-corrected chi connectivity index (χ0v) is 8.58. The molecule has 0 aromatic heterocycles. The second-order valence-corrected chi connectivity index (χ2v) is 3.58. The van der Waals surface area contributed by atoms with Gasteiger partial charge in [0.15, 0.2) is 0 Å². The fraction of sp³-hybridized carbons (Fsp3) is 0.889. The Morgan fingerprint density at radius 3 is 2.46 bits per heavy atom. The fourth-order valence-corrected chi connectivity index (χ4v) is 0.783. The Kier molecular flexibility index (Phi) is 5.66. The maximum Gasteiger partial charge on any atom is 0.237 e. The molecular weight excluding hydrogens is 168 g/mol. The number of rotatable bonds is 5. The molecule has 0 radical (unpaired) electrons. The van der Waals surface area contributed by atoms with Crippen LogP contribution in [0.2, 0.25) is 0 Å². The van der Waals surface area contributed by atoms with Crippen LogP contribution in [0.15, 0.2) is 0 Å². The SMILES string of the molecule is CCC(O)CNC(=O)C(N)C(C)C. The minimum atomic E-state index is -0.482. The molecule has 0 heterocycles. The van der Waals surface area contributed by atoms with E-state index in [-0.39, 0.29) is 18.4 Å². The average Bonchev–Trinajstić information content (AvgIpc) is 2.11. The van der Waals surface area contributed by atoms with Crippen molar-refractivity contribution < 1.29 is 9.90 Å². The number of amides is 1. The zero-order valence-electron chi connectivity index (χ0n) is 8.58. The van der Waals surface area contributed by atoms with E-state index in [0.29, 0.717) is 6.42 Å². The van der Waals surface area contributed by atoms with Crippen LogP contribution in [-0.4, -0.2) is 29.7 Å². The molecule has 4 N–H and O–H groups in total. The number of hydrogen-bond acceptors (Lipinski definition) is 3. The van der Waals surface area contributed by atoms with E-state index in [1.165, 1.54) is 0 Å². The molecule has 0 rings (SSSR count). The number of nitrogens with one attached hydrogen (secondary N) is 1. The fourth-order valence-electron chi connectivity index (χ4n) is 0.783. The number of aliphatic hydroxyl groups is 1. The van der Waals surface area contributed by atoms with Crippen LogP contribution in [0.5, 0.6) is 0 Å². The first kappa shape index (κ1) is 12.4. The summed E-state index contributed by atoms with van der Waals surface area (Å²) >= 11 is 0. The lowest BCUT2D eigenvalue weighted by atomic mass is 10.1. The standard InChI is InChI=1S/C9H20N2O2/c1-4-7(12)5-11-9(13)8(10)6(2)3/h6-8,12H,4-5,10H2,1-3H3,(H,11,13). The highest BCUT2D eigenvalue weighted by molar-refractivity contribution is 5.81. The van der Waals surface area contributed by atoms with E-state index in [1.807, 2.05) is 20.8 Å². The average molecular weight is 188 g/mol. The third-order valence-corrected chi connectivity index (χ3v) is 2.00. The van der Waals surface area contributed by atoms with Crippen molar-refractivity contribution in [2.45, 2.75) is 39.3 Å². The van der Waals surface area contributed by atoms with E-state index in [4.69, 9.17) is 5.73 Å². The maximum absolute atomic E-state index is 11.3. The summed E-state index contributed by atoms with van der Waals surface area (Å²) in [5.41, 5.74) is 5.59. The highest BCUT2D eigenvalue weighted by Gasteiger charge is 2.17. The minimum Gasteiger partial charge on any atom is -0.391 e. The Labute approximate surface area is 79.5 Å². The molecule has 2 unspecified atom stereocenters. The molecule has 78 valence electrons. The molecule has 0 bridgehead atoms. The molecule has 1 amide bonds. The van der Waals surface area contributed by atoms with Gasteiger partial charge in [-0.1, -0.05) is 20.8 Å². The van der Waals surface area contributed by atoms with Gasteiger partial charge < -0.3 is 16.2 Å². The van der Waals surface area contributed by atoms with E-state index in [1.54, 1.807) is 0 Å². The van der Waals surface area contributed by atoms with Crippen LogP contribution in [0, 0.1) is 5.92 Å². The second kappa shape index (κ2) is 5.94. The molecule has 13 heavy (non-hydrogen) atoms. The lowest BCUT2D eigenvalue weighted by Crippen LogP contribution is -2.46. The number of aliphatic hydroxyl groups excluding tert-OH is 1. The maximum atomic E-state index is 11.3. The number of carbonyl (C=O) groups is 1. The van der Waals surface area contributed by atoms with Crippen LogP contribution < -0.4 is 11.1 Å². The highest BCUT2D eigenvalue weighted by atomic mass is 16.3. The molecule has 0 aliphatic heterocycles. The number of carbonyl (C=O) groups excluding carboxylic acids is 1.